The van der Waals surface area contributed by atoms with Gasteiger partial charge in [-0.05, 0) is 19.4 Å². The number of rotatable bonds is 6. The van der Waals surface area contributed by atoms with Crippen LogP contribution in [-0.4, -0.2) is 31.4 Å². The average molecular weight is 266 g/mol. The van der Waals surface area contributed by atoms with Crippen LogP contribution in [0.5, 0.6) is 0 Å². The van der Waals surface area contributed by atoms with E-state index in [-0.39, 0.29) is 5.75 Å². The SMILES string of the molecule is Cc1occc1CN(C)S(=O)(=O)CCCCl. The molecule has 92 valence electrons. The monoisotopic (exact) mass is 265 g/mol. The minimum Gasteiger partial charge on any atom is -0.469 e. The number of alkyl halides is 1. The summed E-state index contributed by atoms with van der Waals surface area (Å²) in [5.74, 6) is 1.20. The average Bonchev–Trinajstić information content (AvgIpc) is 2.61. The van der Waals surface area contributed by atoms with Gasteiger partial charge in [0, 0.05) is 25.0 Å². The van der Waals surface area contributed by atoms with Gasteiger partial charge < -0.3 is 4.42 Å². The van der Waals surface area contributed by atoms with Gasteiger partial charge in [-0.3, -0.25) is 0 Å². The molecule has 0 amide bonds. The van der Waals surface area contributed by atoms with Crippen LogP contribution in [-0.2, 0) is 16.6 Å². The van der Waals surface area contributed by atoms with Gasteiger partial charge in [0.25, 0.3) is 0 Å². The number of furan rings is 1. The van der Waals surface area contributed by atoms with Crippen LogP contribution in [0, 0.1) is 6.92 Å². The Bertz CT molecular complexity index is 427. The Morgan fingerprint density at radius 2 is 2.19 bits per heavy atom. The van der Waals surface area contributed by atoms with E-state index >= 15 is 0 Å². The Hall–Kier alpha value is -0.520. The van der Waals surface area contributed by atoms with Gasteiger partial charge in [-0.15, -0.1) is 11.6 Å². The molecule has 0 aliphatic carbocycles. The van der Waals surface area contributed by atoms with Gasteiger partial charge in [-0.1, -0.05) is 0 Å². The first-order valence-electron chi connectivity index (χ1n) is 5.00. The highest BCUT2D eigenvalue weighted by Crippen LogP contribution is 2.13. The van der Waals surface area contributed by atoms with Crippen molar-refractivity contribution < 1.29 is 12.8 Å². The van der Waals surface area contributed by atoms with Crippen LogP contribution in [0.2, 0.25) is 0 Å². The van der Waals surface area contributed by atoms with Crippen molar-refractivity contribution in [1.29, 1.82) is 0 Å². The van der Waals surface area contributed by atoms with Crippen molar-refractivity contribution in [3.63, 3.8) is 0 Å². The molecule has 0 aliphatic heterocycles. The summed E-state index contributed by atoms with van der Waals surface area (Å²) in [6, 6.07) is 1.78. The normalized spacial score (nSPS) is 12.2. The second-order valence-corrected chi connectivity index (χ2v) is 6.19. The van der Waals surface area contributed by atoms with Gasteiger partial charge in [0.1, 0.15) is 5.76 Å². The van der Waals surface area contributed by atoms with Crippen LogP contribution >= 0.6 is 11.6 Å². The van der Waals surface area contributed by atoms with Crippen LogP contribution in [0.4, 0.5) is 0 Å². The molecule has 0 bridgehead atoms. The number of halogens is 1. The Kier molecular flexibility index (Phi) is 4.83. The van der Waals surface area contributed by atoms with Gasteiger partial charge in [-0.2, -0.15) is 0 Å². The number of hydrogen-bond donors (Lipinski definition) is 0. The third kappa shape index (κ3) is 3.50. The van der Waals surface area contributed by atoms with Crippen molar-refractivity contribution in [2.75, 3.05) is 18.7 Å². The maximum atomic E-state index is 11.8. The lowest BCUT2D eigenvalue weighted by Gasteiger charge is -2.16. The molecule has 0 saturated carbocycles. The Morgan fingerprint density at radius 3 is 2.69 bits per heavy atom. The molecule has 6 heteroatoms. The third-order valence-electron chi connectivity index (χ3n) is 2.37. The number of hydrogen-bond acceptors (Lipinski definition) is 3. The zero-order valence-corrected chi connectivity index (χ0v) is 11.0. The van der Waals surface area contributed by atoms with E-state index in [0.717, 1.165) is 11.3 Å². The zero-order valence-electron chi connectivity index (χ0n) is 9.44. The fourth-order valence-corrected chi connectivity index (χ4v) is 2.76. The summed E-state index contributed by atoms with van der Waals surface area (Å²) >= 11 is 5.48. The minimum absolute atomic E-state index is 0.0872. The van der Waals surface area contributed by atoms with Gasteiger partial charge in [0.2, 0.25) is 10.0 Å². The molecule has 0 N–H and O–H groups in total. The van der Waals surface area contributed by atoms with Gasteiger partial charge >= 0.3 is 0 Å². The molecule has 4 nitrogen and oxygen atoms in total. The van der Waals surface area contributed by atoms with E-state index in [4.69, 9.17) is 16.0 Å². The maximum absolute atomic E-state index is 11.8. The molecule has 1 aromatic rings. The first-order valence-corrected chi connectivity index (χ1v) is 7.14. The minimum atomic E-state index is -3.21. The number of aryl methyl sites for hydroxylation is 1. The molecular formula is C10H16ClNO3S. The van der Waals surface area contributed by atoms with E-state index < -0.39 is 10.0 Å². The number of sulfonamides is 1. The highest BCUT2D eigenvalue weighted by Gasteiger charge is 2.18. The van der Waals surface area contributed by atoms with Gasteiger partial charge in [0.05, 0.1) is 12.0 Å². The maximum Gasteiger partial charge on any atom is 0.214 e. The molecule has 16 heavy (non-hydrogen) atoms. The van der Waals surface area contributed by atoms with Crippen molar-refractivity contribution in [3.05, 3.63) is 23.7 Å². The summed E-state index contributed by atoms with van der Waals surface area (Å²) in [6.07, 6.45) is 2.03. The molecule has 0 unspecified atom stereocenters. The van der Waals surface area contributed by atoms with Crippen molar-refractivity contribution >= 4 is 21.6 Å². The summed E-state index contributed by atoms with van der Waals surface area (Å²) in [6.45, 7) is 2.15. The molecule has 0 aliphatic rings. The molecule has 0 saturated heterocycles. The molecule has 0 aromatic carbocycles. The smallest absolute Gasteiger partial charge is 0.214 e. The van der Waals surface area contributed by atoms with Crippen molar-refractivity contribution in [2.45, 2.75) is 19.9 Å². The molecule has 0 spiro atoms. The number of nitrogens with zero attached hydrogens (tertiary/aromatic N) is 1. The highest BCUT2D eigenvalue weighted by molar-refractivity contribution is 7.89. The predicted molar refractivity (Wildman–Crippen MR) is 64.0 cm³/mol. The third-order valence-corrected chi connectivity index (χ3v) is 4.52. The van der Waals surface area contributed by atoms with E-state index in [1.165, 1.54) is 4.31 Å². The predicted octanol–water partition coefficient (Wildman–Crippen LogP) is 1.98. The highest BCUT2D eigenvalue weighted by atomic mass is 35.5. The Labute approximate surface area is 101 Å². The fourth-order valence-electron chi connectivity index (χ4n) is 1.31. The second kappa shape index (κ2) is 5.70. The van der Waals surface area contributed by atoms with Crippen LogP contribution in [0.1, 0.15) is 17.7 Å². The Morgan fingerprint density at radius 1 is 1.50 bits per heavy atom. The first-order chi connectivity index (χ1) is 7.47. The van der Waals surface area contributed by atoms with Crippen LogP contribution in [0.15, 0.2) is 16.7 Å². The lowest BCUT2D eigenvalue weighted by molar-refractivity contribution is 0.458. The van der Waals surface area contributed by atoms with E-state index in [1.807, 2.05) is 6.92 Å². The van der Waals surface area contributed by atoms with Gasteiger partial charge in [-0.25, -0.2) is 12.7 Å². The second-order valence-electron chi connectivity index (χ2n) is 3.62. The lowest BCUT2D eigenvalue weighted by Crippen LogP contribution is -2.29. The van der Waals surface area contributed by atoms with Crippen molar-refractivity contribution in [2.24, 2.45) is 0 Å². The van der Waals surface area contributed by atoms with Gasteiger partial charge in [0.15, 0.2) is 0 Å². The molecule has 1 rings (SSSR count). The van der Waals surface area contributed by atoms with Crippen molar-refractivity contribution in [3.8, 4) is 0 Å². The summed E-state index contributed by atoms with van der Waals surface area (Å²) in [5.41, 5.74) is 0.886. The largest absolute Gasteiger partial charge is 0.469 e. The summed E-state index contributed by atoms with van der Waals surface area (Å²) in [7, 11) is -1.64. The van der Waals surface area contributed by atoms with E-state index in [0.29, 0.717) is 18.8 Å². The van der Waals surface area contributed by atoms with E-state index in [1.54, 1.807) is 19.4 Å². The van der Waals surface area contributed by atoms with E-state index in [9.17, 15) is 8.42 Å². The van der Waals surface area contributed by atoms with Crippen molar-refractivity contribution in [1.82, 2.24) is 4.31 Å². The summed E-state index contributed by atoms with van der Waals surface area (Å²) in [4.78, 5) is 0. The Balaban J connectivity index is 2.65. The molecule has 0 radical (unpaired) electrons. The molecule has 1 aromatic heterocycles. The summed E-state index contributed by atoms with van der Waals surface area (Å²) < 4.78 is 30.0. The topological polar surface area (TPSA) is 50.5 Å². The summed E-state index contributed by atoms with van der Waals surface area (Å²) in [5, 5.41) is 0. The standard InChI is InChI=1S/C10H16ClNO3S/c1-9-10(4-6-15-9)8-12(2)16(13,14)7-3-5-11/h4,6H,3,5,7-8H2,1-2H3. The lowest BCUT2D eigenvalue weighted by atomic mass is 10.3. The zero-order chi connectivity index (χ0) is 12.2. The van der Waals surface area contributed by atoms with E-state index in [2.05, 4.69) is 0 Å². The molecular weight excluding hydrogens is 250 g/mol. The molecule has 0 atom stereocenters. The molecule has 0 fully saturated rings. The molecule has 1 heterocycles. The van der Waals surface area contributed by atoms with Crippen LogP contribution in [0.3, 0.4) is 0 Å². The quantitative estimate of drug-likeness (QED) is 0.739. The van der Waals surface area contributed by atoms with Crippen LogP contribution < -0.4 is 0 Å². The first kappa shape index (κ1) is 13.5. The van der Waals surface area contributed by atoms with Crippen LogP contribution in [0.25, 0.3) is 0 Å². The fraction of sp³-hybridized carbons (Fsp3) is 0.600.